The molecule has 1 aromatic heterocycles. The lowest BCUT2D eigenvalue weighted by atomic mass is 10.1. The van der Waals surface area contributed by atoms with E-state index in [0.29, 0.717) is 38.4 Å². The van der Waals surface area contributed by atoms with Crippen molar-refractivity contribution < 1.29 is 17.6 Å². The van der Waals surface area contributed by atoms with Crippen molar-refractivity contribution >= 4 is 16.9 Å². The summed E-state index contributed by atoms with van der Waals surface area (Å²) < 4.78 is 50.2. The number of halogens is 4. The zero-order valence-electron chi connectivity index (χ0n) is 15.5. The van der Waals surface area contributed by atoms with Gasteiger partial charge in [0.25, 0.3) is 0 Å². The molecule has 150 valence electrons. The number of H-pyrrole nitrogens is 1. The van der Waals surface area contributed by atoms with Crippen LogP contribution in [-0.4, -0.2) is 62.3 Å². The van der Waals surface area contributed by atoms with Crippen molar-refractivity contribution in [2.75, 3.05) is 40.3 Å². The van der Waals surface area contributed by atoms with Gasteiger partial charge in [-0.05, 0) is 50.2 Å². The Labute approximate surface area is 155 Å². The minimum atomic E-state index is -4.18. The Morgan fingerprint density at radius 3 is 2.67 bits per heavy atom. The number of hydrogen-bond donors (Lipinski definition) is 3. The second-order valence-electron chi connectivity index (χ2n) is 6.39. The first-order valence-corrected chi connectivity index (χ1v) is 8.74. The predicted octanol–water partition coefficient (Wildman–Crippen LogP) is 2.90. The average molecular weight is 387 g/mol. The molecule has 1 aromatic carbocycles. The first-order chi connectivity index (χ1) is 12.8. The van der Waals surface area contributed by atoms with Gasteiger partial charge in [-0.3, -0.25) is 9.89 Å². The molecule has 0 saturated carbocycles. The highest BCUT2D eigenvalue weighted by Crippen LogP contribution is 2.19. The summed E-state index contributed by atoms with van der Waals surface area (Å²) in [6.07, 6.45) is -1.07. The molecule has 0 spiro atoms. The summed E-state index contributed by atoms with van der Waals surface area (Å²) in [4.78, 5) is 8.45. The molecule has 2 rings (SSSR count). The summed E-state index contributed by atoms with van der Waals surface area (Å²) >= 11 is 0. The molecule has 0 bridgehead atoms. The maximum Gasteiger partial charge on any atom is 0.401 e. The predicted molar refractivity (Wildman–Crippen MR) is 99.5 cm³/mol. The van der Waals surface area contributed by atoms with Crippen molar-refractivity contribution in [1.29, 1.82) is 0 Å². The maximum atomic E-state index is 13.4. The van der Waals surface area contributed by atoms with Gasteiger partial charge in [-0.2, -0.15) is 13.2 Å². The highest BCUT2D eigenvalue weighted by Gasteiger charge is 2.28. The molecule has 0 aliphatic rings. The minimum Gasteiger partial charge on any atom is -0.361 e. The molecule has 0 aliphatic heterocycles. The molecular weight excluding hydrogens is 362 g/mol. The Bertz CT molecular complexity index is 754. The normalized spacial score (nSPS) is 12.8. The van der Waals surface area contributed by atoms with E-state index in [1.165, 1.54) is 24.1 Å². The van der Waals surface area contributed by atoms with Crippen LogP contribution in [0.25, 0.3) is 10.9 Å². The Kier molecular flexibility index (Phi) is 7.46. The molecular formula is C18H25F4N5. The lowest BCUT2D eigenvalue weighted by molar-refractivity contribution is -0.143. The van der Waals surface area contributed by atoms with Crippen LogP contribution in [0.1, 0.15) is 12.0 Å². The molecule has 5 nitrogen and oxygen atoms in total. The number of aromatic amines is 1. The van der Waals surface area contributed by atoms with Crippen LogP contribution in [0.5, 0.6) is 0 Å². The van der Waals surface area contributed by atoms with Gasteiger partial charge in [-0.1, -0.05) is 0 Å². The van der Waals surface area contributed by atoms with E-state index in [4.69, 9.17) is 0 Å². The van der Waals surface area contributed by atoms with Gasteiger partial charge in [0.05, 0.1) is 6.54 Å². The van der Waals surface area contributed by atoms with Gasteiger partial charge in [0.2, 0.25) is 0 Å². The van der Waals surface area contributed by atoms with Gasteiger partial charge in [0, 0.05) is 37.2 Å². The standard InChI is InChI=1S/C18H25F4N5/c1-23-17(24-7-3-9-27(2)12-18(20,21)22)25-8-6-13-11-26-16-5-4-14(19)10-15(13)16/h4-5,10-11,26H,3,6-9,12H2,1-2H3,(H2,23,24,25). The molecule has 0 saturated heterocycles. The van der Waals surface area contributed by atoms with Gasteiger partial charge >= 0.3 is 6.18 Å². The summed E-state index contributed by atoms with van der Waals surface area (Å²) in [5.74, 6) is 0.309. The Morgan fingerprint density at radius 1 is 1.22 bits per heavy atom. The van der Waals surface area contributed by atoms with Crippen molar-refractivity contribution in [3.05, 3.63) is 35.8 Å². The fourth-order valence-electron chi connectivity index (χ4n) is 2.83. The molecule has 9 heteroatoms. The number of benzene rings is 1. The first-order valence-electron chi connectivity index (χ1n) is 8.74. The zero-order chi connectivity index (χ0) is 19.9. The lowest BCUT2D eigenvalue weighted by Crippen LogP contribution is -2.40. The first kappa shape index (κ1) is 21.0. The van der Waals surface area contributed by atoms with E-state index >= 15 is 0 Å². The Hall–Kier alpha value is -2.29. The van der Waals surface area contributed by atoms with E-state index in [0.717, 1.165) is 16.5 Å². The van der Waals surface area contributed by atoms with Crippen LogP contribution in [0, 0.1) is 5.82 Å². The number of guanidine groups is 1. The van der Waals surface area contributed by atoms with Crippen molar-refractivity contribution in [3.63, 3.8) is 0 Å². The molecule has 0 aliphatic carbocycles. The Balaban J connectivity index is 1.70. The molecule has 2 aromatic rings. The van der Waals surface area contributed by atoms with E-state index in [-0.39, 0.29) is 5.82 Å². The molecule has 3 N–H and O–H groups in total. The smallest absolute Gasteiger partial charge is 0.361 e. The van der Waals surface area contributed by atoms with Crippen molar-refractivity contribution in [2.24, 2.45) is 4.99 Å². The van der Waals surface area contributed by atoms with Crippen LogP contribution in [0.4, 0.5) is 17.6 Å². The second kappa shape index (κ2) is 9.59. The van der Waals surface area contributed by atoms with Gasteiger partial charge in [0.1, 0.15) is 5.82 Å². The average Bonchev–Trinajstić information content (AvgIpc) is 2.97. The van der Waals surface area contributed by atoms with E-state index in [1.54, 1.807) is 13.1 Å². The number of nitrogens with one attached hydrogen (secondary N) is 3. The number of alkyl halides is 3. The van der Waals surface area contributed by atoms with Gasteiger partial charge in [-0.15, -0.1) is 0 Å². The largest absolute Gasteiger partial charge is 0.401 e. The van der Waals surface area contributed by atoms with Crippen LogP contribution in [0.2, 0.25) is 0 Å². The summed E-state index contributed by atoms with van der Waals surface area (Å²) in [7, 11) is 3.08. The summed E-state index contributed by atoms with van der Waals surface area (Å²) in [5, 5.41) is 7.08. The second-order valence-corrected chi connectivity index (χ2v) is 6.39. The molecule has 0 fully saturated rings. The van der Waals surface area contributed by atoms with Crippen LogP contribution >= 0.6 is 0 Å². The van der Waals surface area contributed by atoms with Crippen molar-refractivity contribution in [3.8, 4) is 0 Å². The maximum absolute atomic E-state index is 13.4. The highest BCUT2D eigenvalue weighted by atomic mass is 19.4. The number of aromatic nitrogens is 1. The molecule has 27 heavy (non-hydrogen) atoms. The SMILES string of the molecule is CN=C(NCCCN(C)CC(F)(F)F)NCCc1c[nH]c2ccc(F)cc12. The number of hydrogen-bond acceptors (Lipinski definition) is 2. The molecule has 0 atom stereocenters. The minimum absolute atomic E-state index is 0.274. The van der Waals surface area contributed by atoms with E-state index in [1.807, 2.05) is 6.20 Å². The quantitative estimate of drug-likeness (QED) is 0.283. The van der Waals surface area contributed by atoms with Gasteiger partial charge in [0.15, 0.2) is 5.96 Å². The third-order valence-corrected chi connectivity index (χ3v) is 4.10. The molecule has 0 radical (unpaired) electrons. The van der Waals surface area contributed by atoms with Crippen LogP contribution in [-0.2, 0) is 6.42 Å². The monoisotopic (exact) mass is 387 g/mol. The van der Waals surface area contributed by atoms with E-state index < -0.39 is 12.7 Å². The topological polar surface area (TPSA) is 55.5 Å². The van der Waals surface area contributed by atoms with Gasteiger partial charge < -0.3 is 15.6 Å². The Morgan fingerprint density at radius 2 is 1.96 bits per heavy atom. The fourth-order valence-corrected chi connectivity index (χ4v) is 2.83. The van der Waals surface area contributed by atoms with E-state index in [2.05, 4.69) is 20.6 Å². The highest BCUT2D eigenvalue weighted by molar-refractivity contribution is 5.83. The number of aliphatic imine (C=N–C) groups is 1. The van der Waals surface area contributed by atoms with Crippen molar-refractivity contribution in [1.82, 2.24) is 20.5 Å². The van der Waals surface area contributed by atoms with E-state index in [9.17, 15) is 17.6 Å². The lowest BCUT2D eigenvalue weighted by Gasteiger charge is -2.18. The van der Waals surface area contributed by atoms with Gasteiger partial charge in [-0.25, -0.2) is 4.39 Å². The molecule has 0 amide bonds. The van der Waals surface area contributed by atoms with Crippen LogP contribution in [0.15, 0.2) is 29.4 Å². The third-order valence-electron chi connectivity index (χ3n) is 4.10. The zero-order valence-corrected chi connectivity index (χ0v) is 15.5. The van der Waals surface area contributed by atoms with Crippen molar-refractivity contribution in [2.45, 2.75) is 19.0 Å². The summed E-state index contributed by atoms with van der Waals surface area (Å²) in [6, 6.07) is 4.63. The van der Waals surface area contributed by atoms with Crippen LogP contribution in [0.3, 0.4) is 0 Å². The summed E-state index contributed by atoms with van der Waals surface area (Å²) in [5.41, 5.74) is 1.89. The number of fused-ring (bicyclic) bond motifs is 1. The number of rotatable bonds is 8. The van der Waals surface area contributed by atoms with Crippen LogP contribution < -0.4 is 10.6 Å². The molecule has 0 unspecified atom stereocenters. The third kappa shape index (κ3) is 7.09. The fraction of sp³-hybridized carbons (Fsp3) is 0.500. The molecule has 1 heterocycles. The summed E-state index contributed by atoms with van der Waals surface area (Å²) in [6.45, 7) is 0.535. The number of nitrogens with zero attached hydrogens (tertiary/aromatic N) is 2.